The summed E-state index contributed by atoms with van der Waals surface area (Å²) in [5, 5.41) is 0. The fourth-order valence-electron chi connectivity index (χ4n) is 3.02. The molecular formula is C20H20F2N2O3S. The second-order valence-electron chi connectivity index (χ2n) is 6.55. The molecule has 0 radical (unpaired) electrons. The minimum absolute atomic E-state index is 0.0448. The molecule has 148 valence electrons. The van der Waals surface area contributed by atoms with E-state index >= 15 is 0 Å². The molecule has 0 bridgehead atoms. The van der Waals surface area contributed by atoms with Crippen LogP contribution in [0.15, 0.2) is 53.4 Å². The summed E-state index contributed by atoms with van der Waals surface area (Å²) in [6, 6.07) is 10.1. The number of amides is 1. The molecule has 1 saturated heterocycles. The maximum absolute atomic E-state index is 13.9. The van der Waals surface area contributed by atoms with Crippen LogP contribution in [0.5, 0.6) is 0 Å². The molecule has 1 heterocycles. The van der Waals surface area contributed by atoms with Gasteiger partial charge >= 0.3 is 0 Å². The molecule has 1 fully saturated rings. The lowest BCUT2D eigenvalue weighted by molar-refractivity contribution is -0.127. The van der Waals surface area contributed by atoms with Crippen molar-refractivity contribution in [2.45, 2.75) is 11.8 Å². The first kappa shape index (κ1) is 20.2. The van der Waals surface area contributed by atoms with Crippen molar-refractivity contribution < 1.29 is 22.0 Å². The van der Waals surface area contributed by atoms with Crippen LogP contribution in [-0.4, -0.2) is 49.7 Å². The Bertz CT molecular complexity index is 1010. The zero-order valence-corrected chi connectivity index (χ0v) is 16.1. The maximum atomic E-state index is 13.9. The van der Waals surface area contributed by atoms with Gasteiger partial charge in [0.25, 0.3) is 0 Å². The molecule has 1 aliphatic heterocycles. The van der Waals surface area contributed by atoms with Crippen LogP contribution in [0.25, 0.3) is 6.08 Å². The number of benzene rings is 2. The molecule has 2 aromatic rings. The van der Waals surface area contributed by atoms with Crippen molar-refractivity contribution in [1.29, 1.82) is 0 Å². The minimum atomic E-state index is -4.08. The summed E-state index contributed by atoms with van der Waals surface area (Å²) >= 11 is 0. The average molecular weight is 406 g/mol. The van der Waals surface area contributed by atoms with E-state index in [1.165, 1.54) is 6.08 Å². The molecule has 0 N–H and O–H groups in total. The summed E-state index contributed by atoms with van der Waals surface area (Å²) < 4.78 is 53.2. The van der Waals surface area contributed by atoms with Gasteiger partial charge in [-0.15, -0.1) is 0 Å². The summed E-state index contributed by atoms with van der Waals surface area (Å²) in [5.74, 6) is -2.18. The second kappa shape index (κ2) is 8.20. The molecule has 0 saturated carbocycles. The van der Waals surface area contributed by atoms with Crippen molar-refractivity contribution in [3.63, 3.8) is 0 Å². The fraction of sp³-hybridized carbons (Fsp3) is 0.250. The largest absolute Gasteiger partial charge is 0.337 e. The topological polar surface area (TPSA) is 57.7 Å². The standard InChI is InChI=1S/C20H20F2N2O3S/c1-15-3-2-4-16(13-15)5-8-20(25)23-9-11-24(12-10-23)28(26,27)19-7-6-17(21)14-18(19)22/h2-8,13-14H,9-12H2,1H3/b8-5+. The predicted octanol–water partition coefficient (Wildman–Crippen LogP) is 2.82. The van der Waals surface area contributed by atoms with Gasteiger partial charge in [-0.25, -0.2) is 17.2 Å². The number of rotatable bonds is 4. The van der Waals surface area contributed by atoms with Crippen LogP contribution in [-0.2, 0) is 14.8 Å². The number of piperazine rings is 1. The van der Waals surface area contributed by atoms with Crippen LogP contribution in [0.3, 0.4) is 0 Å². The van der Waals surface area contributed by atoms with E-state index in [1.54, 1.807) is 11.0 Å². The molecular weight excluding hydrogens is 386 g/mol. The third-order valence-electron chi connectivity index (χ3n) is 4.52. The van der Waals surface area contributed by atoms with E-state index in [9.17, 15) is 22.0 Å². The number of nitrogens with zero attached hydrogens (tertiary/aromatic N) is 2. The Morgan fingerprint density at radius 2 is 1.75 bits per heavy atom. The molecule has 0 unspecified atom stereocenters. The second-order valence-corrected chi connectivity index (χ2v) is 8.46. The number of hydrogen-bond donors (Lipinski definition) is 0. The average Bonchev–Trinajstić information content (AvgIpc) is 2.66. The highest BCUT2D eigenvalue weighted by atomic mass is 32.2. The monoisotopic (exact) mass is 406 g/mol. The molecule has 1 amide bonds. The Morgan fingerprint density at radius 3 is 2.39 bits per heavy atom. The normalized spacial score (nSPS) is 15.9. The van der Waals surface area contributed by atoms with E-state index in [0.29, 0.717) is 6.07 Å². The van der Waals surface area contributed by atoms with Crippen molar-refractivity contribution in [2.24, 2.45) is 0 Å². The number of aryl methyl sites for hydroxylation is 1. The highest BCUT2D eigenvalue weighted by Gasteiger charge is 2.31. The van der Waals surface area contributed by atoms with Gasteiger partial charge in [-0.1, -0.05) is 29.8 Å². The van der Waals surface area contributed by atoms with Crippen molar-refractivity contribution >= 4 is 22.0 Å². The molecule has 0 aromatic heterocycles. The summed E-state index contributed by atoms with van der Waals surface area (Å²) in [4.78, 5) is 13.3. The van der Waals surface area contributed by atoms with Gasteiger partial charge in [0.15, 0.2) is 0 Å². The first-order valence-corrected chi connectivity index (χ1v) is 10.2. The fourth-order valence-corrected chi connectivity index (χ4v) is 4.49. The Balaban J connectivity index is 1.64. The van der Waals surface area contributed by atoms with Crippen molar-refractivity contribution in [3.05, 3.63) is 71.3 Å². The van der Waals surface area contributed by atoms with E-state index in [-0.39, 0.29) is 32.1 Å². The predicted molar refractivity (Wildman–Crippen MR) is 102 cm³/mol. The summed E-state index contributed by atoms with van der Waals surface area (Å²) in [5.41, 5.74) is 1.99. The summed E-state index contributed by atoms with van der Waals surface area (Å²) in [7, 11) is -4.08. The minimum Gasteiger partial charge on any atom is -0.337 e. The van der Waals surface area contributed by atoms with Gasteiger partial charge in [-0.2, -0.15) is 4.31 Å². The van der Waals surface area contributed by atoms with Gasteiger partial charge in [0.1, 0.15) is 16.5 Å². The Labute approximate surface area is 162 Å². The number of carbonyl (C=O) groups excluding carboxylic acids is 1. The molecule has 0 aliphatic carbocycles. The van der Waals surface area contributed by atoms with Gasteiger partial charge in [-0.3, -0.25) is 4.79 Å². The Kier molecular flexibility index (Phi) is 5.90. The first-order valence-electron chi connectivity index (χ1n) is 8.76. The van der Waals surface area contributed by atoms with Gasteiger partial charge in [0.05, 0.1) is 0 Å². The van der Waals surface area contributed by atoms with Crippen LogP contribution in [0.4, 0.5) is 8.78 Å². The molecule has 0 atom stereocenters. The first-order chi connectivity index (χ1) is 13.3. The molecule has 8 heteroatoms. The zero-order chi connectivity index (χ0) is 20.3. The van der Waals surface area contributed by atoms with E-state index in [2.05, 4.69) is 0 Å². The van der Waals surface area contributed by atoms with Crippen LogP contribution >= 0.6 is 0 Å². The lowest BCUT2D eigenvalue weighted by atomic mass is 10.1. The van der Waals surface area contributed by atoms with Gasteiger partial charge < -0.3 is 4.90 Å². The molecule has 2 aromatic carbocycles. The molecule has 1 aliphatic rings. The smallest absolute Gasteiger partial charge is 0.246 e. The SMILES string of the molecule is Cc1cccc(/C=C/C(=O)N2CCN(S(=O)(=O)c3ccc(F)cc3F)CC2)c1. The van der Waals surface area contributed by atoms with Crippen molar-refractivity contribution in [2.75, 3.05) is 26.2 Å². The number of halogens is 2. The third kappa shape index (κ3) is 4.45. The Hall–Kier alpha value is -2.58. The summed E-state index contributed by atoms with van der Waals surface area (Å²) in [6.07, 6.45) is 3.17. The van der Waals surface area contributed by atoms with Crippen molar-refractivity contribution in [3.8, 4) is 0 Å². The van der Waals surface area contributed by atoms with Gasteiger partial charge in [0.2, 0.25) is 15.9 Å². The highest BCUT2D eigenvalue weighted by molar-refractivity contribution is 7.89. The van der Waals surface area contributed by atoms with Gasteiger partial charge in [-0.05, 0) is 30.7 Å². The summed E-state index contributed by atoms with van der Waals surface area (Å²) in [6.45, 7) is 2.44. The molecule has 0 spiro atoms. The zero-order valence-electron chi connectivity index (χ0n) is 15.3. The van der Waals surface area contributed by atoms with Crippen LogP contribution in [0.2, 0.25) is 0 Å². The lowest BCUT2D eigenvalue weighted by Crippen LogP contribution is -2.50. The van der Waals surface area contributed by atoms with E-state index in [1.807, 2.05) is 31.2 Å². The van der Waals surface area contributed by atoms with Crippen LogP contribution in [0, 0.1) is 18.6 Å². The van der Waals surface area contributed by atoms with E-state index in [0.717, 1.165) is 27.6 Å². The van der Waals surface area contributed by atoms with Gasteiger partial charge in [0, 0.05) is 38.3 Å². The van der Waals surface area contributed by atoms with E-state index < -0.39 is 26.6 Å². The molecule has 28 heavy (non-hydrogen) atoms. The van der Waals surface area contributed by atoms with Crippen molar-refractivity contribution in [1.82, 2.24) is 9.21 Å². The lowest BCUT2D eigenvalue weighted by Gasteiger charge is -2.33. The quantitative estimate of drug-likeness (QED) is 0.734. The molecule has 3 rings (SSSR count). The van der Waals surface area contributed by atoms with Crippen LogP contribution < -0.4 is 0 Å². The number of sulfonamides is 1. The van der Waals surface area contributed by atoms with E-state index in [4.69, 9.17) is 0 Å². The number of carbonyl (C=O) groups is 1. The molecule has 5 nitrogen and oxygen atoms in total. The number of hydrogen-bond acceptors (Lipinski definition) is 3. The Morgan fingerprint density at radius 1 is 1.04 bits per heavy atom. The highest BCUT2D eigenvalue weighted by Crippen LogP contribution is 2.21. The van der Waals surface area contributed by atoms with Crippen LogP contribution in [0.1, 0.15) is 11.1 Å². The third-order valence-corrected chi connectivity index (χ3v) is 6.45. The maximum Gasteiger partial charge on any atom is 0.246 e.